The van der Waals surface area contributed by atoms with Gasteiger partial charge in [0.25, 0.3) is 11.8 Å². The highest BCUT2D eigenvalue weighted by Crippen LogP contribution is 2.28. The third-order valence-corrected chi connectivity index (χ3v) is 5.91. The van der Waals surface area contributed by atoms with Crippen LogP contribution in [0.3, 0.4) is 0 Å². The van der Waals surface area contributed by atoms with Gasteiger partial charge in [0.15, 0.2) is 0 Å². The van der Waals surface area contributed by atoms with Crippen molar-refractivity contribution >= 4 is 34.5 Å². The molecule has 8 heteroatoms. The molecule has 1 fully saturated rings. The van der Waals surface area contributed by atoms with Gasteiger partial charge in [-0.1, -0.05) is 18.1 Å². The summed E-state index contributed by atoms with van der Waals surface area (Å²) in [6, 6.07) is 12.3. The molecular formula is C25H20N4O4. The number of aromatic nitrogens is 1. The van der Waals surface area contributed by atoms with Crippen LogP contribution in [0.4, 0.5) is 0 Å². The van der Waals surface area contributed by atoms with Crippen molar-refractivity contribution in [3.05, 3.63) is 70.9 Å². The SMILES string of the molecule is O=C(C#Cc1ccc2[nH]ccc2c1)NCc1ccc2c(c1)CN(C1CCC(=O)NC1=O)C2=O. The molecule has 2 aromatic carbocycles. The number of rotatable bonds is 3. The Labute approximate surface area is 189 Å². The van der Waals surface area contributed by atoms with Gasteiger partial charge in [-0.05, 0) is 47.9 Å². The molecule has 3 heterocycles. The van der Waals surface area contributed by atoms with Crippen molar-refractivity contribution in [2.24, 2.45) is 0 Å². The van der Waals surface area contributed by atoms with E-state index in [9.17, 15) is 19.2 Å². The number of benzene rings is 2. The molecule has 5 rings (SSSR count). The number of fused-ring (bicyclic) bond motifs is 2. The largest absolute Gasteiger partial charge is 0.361 e. The maximum atomic E-state index is 12.8. The van der Waals surface area contributed by atoms with Crippen molar-refractivity contribution in [2.45, 2.75) is 32.0 Å². The second-order valence-corrected chi connectivity index (χ2v) is 8.10. The lowest BCUT2D eigenvalue weighted by Gasteiger charge is -2.29. The molecule has 0 saturated carbocycles. The summed E-state index contributed by atoms with van der Waals surface area (Å²) in [5.41, 5.74) is 3.92. The number of aromatic amines is 1. The molecule has 2 aliphatic rings. The van der Waals surface area contributed by atoms with Crippen molar-refractivity contribution in [2.75, 3.05) is 0 Å². The normalized spacial score (nSPS) is 17.4. The molecule has 0 bridgehead atoms. The number of carbonyl (C=O) groups excluding carboxylic acids is 4. The van der Waals surface area contributed by atoms with Gasteiger partial charge in [0, 0.05) is 53.7 Å². The zero-order valence-electron chi connectivity index (χ0n) is 17.6. The minimum atomic E-state index is -0.647. The molecule has 3 aromatic rings. The van der Waals surface area contributed by atoms with E-state index in [-0.39, 0.29) is 24.8 Å². The maximum Gasteiger partial charge on any atom is 0.296 e. The predicted octanol–water partition coefficient (Wildman–Crippen LogP) is 1.60. The number of carbonyl (C=O) groups is 4. The maximum absolute atomic E-state index is 12.8. The summed E-state index contributed by atoms with van der Waals surface area (Å²) in [4.78, 5) is 53.1. The van der Waals surface area contributed by atoms with Crippen molar-refractivity contribution in [1.29, 1.82) is 0 Å². The minimum Gasteiger partial charge on any atom is -0.361 e. The van der Waals surface area contributed by atoms with Gasteiger partial charge in [-0.25, -0.2) is 0 Å². The smallest absolute Gasteiger partial charge is 0.296 e. The first-order valence-electron chi connectivity index (χ1n) is 10.6. The first-order chi connectivity index (χ1) is 16.0. The van der Waals surface area contributed by atoms with Crippen molar-refractivity contribution < 1.29 is 19.2 Å². The summed E-state index contributed by atoms with van der Waals surface area (Å²) in [7, 11) is 0. The zero-order valence-corrected chi connectivity index (χ0v) is 17.6. The topological polar surface area (TPSA) is 111 Å². The van der Waals surface area contributed by atoms with Crippen LogP contribution in [-0.4, -0.2) is 39.6 Å². The highest BCUT2D eigenvalue weighted by atomic mass is 16.2. The molecule has 3 N–H and O–H groups in total. The molecule has 1 aromatic heterocycles. The fourth-order valence-corrected chi connectivity index (χ4v) is 4.22. The van der Waals surface area contributed by atoms with E-state index in [0.717, 1.165) is 27.6 Å². The van der Waals surface area contributed by atoms with Gasteiger partial charge in [0.2, 0.25) is 11.8 Å². The molecule has 1 atom stereocenters. The quantitative estimate of drug-likeness (QED) is 0.424. The second-order valence-electron chi connectivity index (χ2n) is 8.10. The summed E-state index contributed by atoms with van der Waals surface area (Å²) in [5.74, 6) is 4.10. The Morgan fingerprint density at radius 3 is 2.85 bits per heavy atom. The summed E-state index contributed by atoms with van der Waals surface area (Å²) >= 11 is 0. The van der Waals surface area contributed by atoms with E-state index in [1.165, 1.54) is 4.90 Å². The Morgan fingerprint density at radius 2 is 2.00 bits per heavy atom. The van der Waals surface area contributed by atoms with Gasteiger partial charge < -0.3 is 15.2 Å². The number of hydrogen-bond donors (Lipinski definition) is 3. The Morgan fingerprint density at radius 1 is 1.12 bits per heavy atom. The third-order valence-electron chi connectivity index (χ3n) is 5.91. The van der Waals surface area contributed by atoms with Crippen LogP contribution < -0.4 is 10.6 Å². The first-order valence-corrected chi connectivity index (χ1v) is 10.6. The van der Waals surface area contributed by atoms with E-state index in [0.29, 0.717) is 18.5 Å². The van der Waals surface area contributed by atoms with E-state index in [1.54, 1.807) is 12.1 Å². The average Bonchev–Trinajstić information content (AvgIpc) is 3.40. The average molecular weight is 440 g/mol. The Kier molecular flexibility index (Phi) is 5.15. The Balaban J connectivity index is 1.22. The van der Waals surface area contributed by atoms with Crippen LogP contribution in [0.1, 0.15) is 39.9 Å². The fourth-order valence-electron chi connectivity index (χ4n) is 4.22. The van der Waals surface area contributed by atoms with Crippen LogP contribution in [0.5, 0.6) is 0 Å². The van der Waals surface area contributed by atoms with Crippen molar-refractivity contribution in [3.8, 4) is 11.8 Å². The van der Waals surface area contributed by atoms with Gasteiger partial charge in [0.1, 0.15) is 6.04 Å². The van der Waals surface area contributed by atoms with Crippen LogP contribution >= 0.6 is 0 Å². The molecule has 1 saturated heterocycles. The van der Waals surface area contributed by atoms with Crippen molar-refractivity contribution in [1.82, 2.24) is 20.5 Å². The Hall–Kier alpha value is -4.38. The standard InChI is InChI=1S/C25H20N4O4/c30-22(7-3-15-2-5-20-17(11-15)9-10-26-20)27-13-16-1-4-19-18(12-16)14-29(25(19)33)21-6-8-23(31)28-24(21)32/h1-2,4-5,9-12,21,26H,6,8,13-14H2,(H,27,30)(H,28,31,32). The molecule has 8 nitrogen and oxygen atoms in total. The number of amides is 4. The summed E-state index contributed by atoms with van der Waals surface area (Å²) in [6.07, 6.45) is 2.39. The Bertz CT molecular complexity index is 1380. The van der Waals surface area contributed by atoms with Gasteiger partial charge in [-0.2, -0.15) is 0 Å². The number of piperidine rings is 1. The van der Waals surface area contributed by atoms with Crippen molar-refractivity contribution in [3.63, 3.8) is 0 Å². The molecular weight excluding hydrogens is 420 g/mol. The van der Waals surface area contributed by atoms with E-state index >= 15 is 0 Å². The van der Waals surface area contributed by atoms with Crippen LogP contribution in [0.2, 0.25) is 0 Å². The summed E-state index contributed by atoms with van der Waals surface area (Å²) in [6.45, 7) is 0.563. The molecule has 0 radical (unpaired) electrons. The summed E-state index contributed by atoms with van der Waals surface area (Å²) in [5, 5.41) is 6.10. The highest BCUT2D eigenvalue weighted by Gasteiger charge is 2.39. The van der Waals surface area contributed by atoms with Gasteiger partial charge in [0.05, 0.1) is 0 Å². The zero-order chi connectivity index (χ0) is 22.9. The van der Waals surface area contributed by atoms with Gasteiger partial charge in [-0.3, -0.25) is 24.5 Å². The van der Waals surface area contributed by atoms with Crippen LogP contribution in [-0.2, 0) is 27.5 Å². The lowest BCUT2D eigenvalue weighted by molar-refractivity contribution is -0.137. The number of nitrogens with one attached hydrogen (secondary N) is 3. The number of nitrogens with zero attached hydrogens (tertiary/aromatic N) is 1. The number of imide groups is 1. The third kappa shape index (κ3) is 4.08. The van der Waals surface area contributed by atoms with E-state index in [1.807, 2.05) is 36.5 Å². The predicted molar refractivity (Wildman–Crippen MR) is 120 cm³/mol. The molecule has 33 heavy (non-hydrogen) atoms. The molecule has 2 aliphatic heterocycles. The summed E-state index contributed by atoms with van der Waals surface area (Å²) < 4.78 is 0. The van der Waals surface area contributed by atoms with Gasteiger partial charge in [-0.15, -0.1) is 0 Å². The monoisotopic (exact) mass is 440 g/mol. The van der Waals surface area contributed by atoms with Crippen LogP contribution in [0.25, 0.3) is 10.9 Å². The molecule has 0 spiro atoms. The van der Waals surface area contributed by atoms with E-state index in [4.69, 9.17) is 0 Å². The molecule has 4 amide bonds. The lowest BCUT2D eigenvalue weighted by Crippen LogP contribution is -2.52. The van der Waals surface area contributed by atoms with E-state index in [2.05, 4.69) is 27.5 Å². The second kappa shape index (κ2) is 8.28. The highest BCUT2D eigenvalue weighted by molar-refractivity contribution is 6.05. The molecule has 0 aliphatic carbocycles. The first kappa shape index (κ1) is 20.5. The number of hydrogen-bond acceptors (Lipinski definition) is 4. The number of H-pyrrole nitrogens is 1. The molecule has 164 valence electrons. The van der Waals surface area contributed by atoms with Crippen LogP contribution in [0.15, 0.2) is 48.7 Å². The lowest BCUT2D eigenvalue weighted by atomic mass is 10.0. The van der Waals surface area contributed by atoms with E-state index < -0.39 is 17.9 Å². The fraction of sp³-hybridized carbons (Fsp3) is 0.200. The minimum absolute atomic E-state index is 0.216. The van der Waals surface area contributed by atoms with Gasteiger partial charge >= 0.3 is 0 Å². The molecule has 1 unspecified atom stereocenters. The van der Waals surface area contributed by atoms with Crippen LogP contribution in [0, 0.1) is 11.8 Å².